The van der Waals surface area contributed by atoms with Gasteiger partial charge in [-0.1, -0.05) is 5.16 Å². The molecule has 0 fully saturated rings. The minimum Gasteiger partial charge on any atom is -0.396 e. The number of pyridine rings is 1. The summed E-state index contributed by atoms with van der Waals surface area (Å²) >= 11 is 3.35. The molecule has 3 N–H and O–H groups in total. The molecule has 0 aliphatic rings. The first-order chi connectivity index (χ1) is 8.22. The molecule has 2 aromatic heterocycles. The van der Waals surface area contributed by atoms with Crippen molar-refractivity contribution in [3.8, 4) is 11.5 Å². The van der Waals surface area contributed by atoms with Gasteiger partial charge in [-0.25, -0.2) is 0 Å². The molecule has 0 amide bonds. The standard InChI is InChI=1S/C10H11BrN4O2/c11-6-2-1-4-13-8(6)9-14-10(17-15-9)7(12)3-5-16/h1-2,4,7,16H,3,5,12H2. The summed E-state index contributed by atoms with van der Waals surface area (Å²) in [6.07, 6.45) is 2.02. The van der Waals surface area contributed by atoms with Gasteiger partial charge < -0.3 is 15.4 Å². The second-order valence-electron chi connectivity index (χ2n) is 3.41. The third-order valence-corrected chi connectivity index (χ3v) is 2.81. The average molecular weight is 299 g/mol. The van der Waals surface area contributed by atoms with Crippen LogP contribution in [0.3, 0.4) is 0 Å². The van der Waals surface area contributed by atoms with Crippen molar-refractivity contribution in [1.82, 2.24) is 15.1 Å². The Labute approximate surface area is 106 Å². The number of hydrogen-bond donors (Lipinski definition) is 2. The molecule has 0 aliphatic heterocycles. The van der Waals surface area contributed by atoms with Gasteiger partial charge in [0, 0.05) is 17.3 Å². The summed E-state index contributed by atoms with van der Waals surface area (Å²) < 4.78 is 5.81. The Morgan fingerprint density at radius 1 is 1.53 bits per heavy atom. The van der Waals surface area contributed by atoms with E-state index in [1.54, 1.807) is 12.3 Å². The maximum absolute atomic E-state index is 8.78. The van der Waals surface area contributed by atoms with E-state index in [-0.39, 0.29) is 6.61 Å². The van der Waals surface area contributed by atoms with Crippen molar-refractivity contribution in [3.63, 3.8) is 0 Å². The number of rotatable bonds is 4. The van der Waals surface area contributed by atoms with E-state index < -0.39 is 6.04 Å². The molecule has 0 spiro atoms. The van der Waals surface area contributed by atoms with E-state index in [1.807, 2.05) is 6.07 Å². The van der Waals surface area contributed by atoms with E-state index in [0.717, 1.165) is 4.47 Å². The molecular weight excluding hydrogens is 288 g/mol. The maximum atomic E-state index is 8.78. The predicted molar refractivity (Wildman–Crippen MR) is 63.9 cm³/mol. The molecule has 0 saturated carbocycles. The lowest BCUT2D eigenvalue weighted by molar-refractivity contribution is 0.259. The summed E-state index contributed by atoms with van der Waals surface area (Å²) in [5, 5.41) is 12.6. The fraction of sp³-hybridized carbons (Fsp3) is 0.300. The number of nitrogens with zero attached hydrogens (tertiary/aromatic N) is 3. The van der Waals surface area contributed by atoms with Gasteiger partial charge in [0.1, 0.15) is 5.69 Å². The van der Waals surface area contributed by atoms with E-state index >= 15 is 0 Å². The van der Waals surface area contributed by atoms with Gasteiger partial charge in [0.25, 0.3) is 0 Å². The highest BCUT2D eigenvalue weighted by atomic mass is 79.9. The van der Waals surface area contributed by atoms with Crippen molar-refractivity contribution in [2.75, 3.05) is 6.61 Å². The number of aromatic nitrogens is 3. The highest BCUT2D eigenvalue weighted by Gasteiger charge is 2.17. The number of halogens is 1. The van der Waals surface area contributed by atoms with Crippen molar-refractivity contribution >= 4 is 15.9 Å². The highest BCUT2D eigenvalue weighted by Crippen LogP contribution is 2.24. The molecule has 1 atom stereocenters. The maximum Gasteiger partial charge on any atom is 0.244 e. The van der Waals surface area contributed by atoms with Crippen LogP contribution in [0.1, 0.15) is 18.4 Å². The predicted octanol–water partition coefficient (Wildman–Crippen LogP) is 1.28. The fourth-order valence-corrected chi connectivity index (χ4v) is 1.73. The molecule has 2 rings (SSSR count). The molecule has 0 radical (unpaired) electrons. The molecule has 0 saturated heterocycles. The SMILES string of the molecule is NC(CCO)c1nc(-c2ncccc2Br)no1. The van der Waals surface area contributed by atoms with Crippen LogP contribution in [0.4, 0.5) is 0 Å². The van der Waals surface area contributed by atoms with E-state index in [2.05, 4.69) is 31.1 Å². The van der Waals surface area contributed by atoms with Crippen molar-refractivity contribution in [2.45, 2.75) is 12.5 Å². The van der Waals surface area contributed by atoms with Gasteiger partial charge in [-0.05, 0) is 34.5 Å². The van der Waals surface area contributed by atoms with Gasteiger partial charge in [-0.15, -0.1) is 0 Å². The first kappa shape index (κ1) is 12.2. The summed E-state index contributed by atoms with van der Waals surface area (Å²) in [6, 6.07) is 3.18. The minimum absolute atomic E-state index is 0.0217. The van der Waals surface area contributed by atoms with Crippen LogP contribution >= 0.6 is 15.9 Å². The lowest BCUT2D eigenvalue weighted by atomic mass is 10.2. The van der Waals surface area contributed by atoms with Crippen LogP contribution in [0.15, 0.2) is 27.3 Å². The zero-order chi connectivity index (χ0) is 12.3. The third-order valence-electron chi connectivity index (χ3n) is 2.17. The van der Waals surface area contributed by atoms with E-state index in [0.29, 0.717) is 23.8 Å². The number of hydrogen-bond acceptors (Lipinski definition) is 6. The first-order valence-electron chi connectivity index (χ1n) is 5.03. The summed E-state index contributed by atoms with van der Waals surface area (Å²) in [5.41, 5.74) is 6.34. The molecule has 0 bridgehead atoms. The quantitative estimate of drug-likeness (QED) is 0.882. The summed E-state index contributed by atoms with van der Waals surface area (Å²) in [5.74, 6) is 0.674. The third kappa shape index (κ3) is 2.68. The Balaban J connectivity index is 2.27. The van der Waals surface area contributed by atoms with Gasteiger partial charge in [0.2, 0.25) is 11.7 Å². The van der Waals surface area contributed by atoms with E-state index in [1.165, 1.54) is 0 Å². The van der Waals surface area contributed by atoms with Crippen molar-refractivity contribution < 1.29 is 9.63 Å². The Morgan fingerprint density at radius 2 is 2.35 bits per heavy atom. The van der Waals surface area contributed by atoms with Crippen LogP contribution in [0.2, 0.25) is 0 Å². The number of nitrogens with two attached hydrogens (primary N) is 1. The molecular formula is C10H11BrN4O2. The zero-order valence-electron chi connectivity index (χ0n) is 8.88. The van der Waals surface area contributed by atoms with Crippen molar-refractivity contribution in [2.24, 2.45) is 5.73 Å². The summed E-state index contributed by atoms with van der Waals surface area (Å²) in [7, 11) is 0. The van der Waals surface area contributed by atoms with Gasteiger partial charge in [-0.2, -0.15) is 4.98 Å². The molecule has 0 aromatic carbocycles. The summed E-state index contributed by atoms with van der Waals surface area (Å²) in [6.45, 7) is -0.0217. The normalized spacial score (nSPS) is 12.6. The second kappa shape index (κ2) is 5.35. The fourth-order valence-electron chi connectivity index (χ4n) is 1.29. The number of aliphatic hydroxyl groups is 1. The van der Waals surface area contributed by atoms with Crippen LogP contribution < -0.4 is 5.73 Å². The molecule has 0 aliphatic carbocycles. The zero-order valence-corrected chi connectivity index (χ0v) is 10.5. The highest BCUT2D eigenvalue weighted by molar-refractivity contribution is 9.10. The topological polar surface area (TPSA) is 98.1 Å². The lowest BCUT2D eigenvalue weighted by Gasteiger charge is -2.01. The number of aliphatic hydroxyl groups excluding tert-OH is 1. The van der Waals surface area contributed by atoms with E-state index in [4.69, 9.17) is 15.4 Å². The Bertz CT molecular complexity index is 503. The summed E-state index contributed by atoms with van der Waals surface area (Å²) in [4.78, 5) is 8.30. The monoisotopic (exact) mass is 298 g/mol. The van der Waals surface area contributed by atoms with Crippen molar-refractivity contribution in [3.05, 3.63) is 28.7 Å². The molecule has 1 unspecified atom stereocenters. The van der Waals surface area contributed by atoms with Crippen LogP contribution in [0, 0.1) is 0 Å². The van der Waals surface area contributed by atoms with Gasteiger partial charge in [0.05, 0.1) is 6.04 Å². The molecule has 2 aromatic rings. The molecule has 2 heterocycles. The lowest BCUT2D eigenvalue weighted by Crippen LogP contribution is -2.12. The van der Waals surface area contributed by atoms with Gasteiger partial charge in [-0.3, -0.25) is 4.98 Å². The van der Waals surface area contributed by atoms with Crippen LogP contribution in [0.5, 0.6) is 0 Å². The molecule has 7 heteroatoms. The first-order valence-corrected chi connectivity index (χ1v) is 5.82. The van der Waals surface area contributed by atoms with Gasteiger partial charge in [0.15, 0.2) is 0 Å². The molecule has 6 nitrogen and oxygen atoms in total. The molecule has 17 heavy (non-hydrogen) atoms. The Kier molecular flexibility index (Phi) is 3.82. The molecule has 90 valence electrons. The second-order valence-corrected chi connectivity index (χ2v) is 4.26. The minimum atomic E-state index is -0.455. The van der Waals surface area contributed by atoms with Crippen LogP contribution in [-0.2, 0) is 0 Å². The van der Waals surface area contributed by atoms with Gasteiger partial charge >= 0.3 is 0 Å². The van der Waals surface area contributed by atoms with E-state index in [9.17, 15) is 0 Å². The van der Waals surface area contributed by atoms with Crippen LogP contribution in [0.25, 0.3) is 11.5 Å². The average Bonchev–Trinajstić information content (AvgIpc) is 2.79. The van der Waals surface area contributed by atoms with Crippen molar-refractivity contribution in [1.29, 1.82) is 0 Å². The Morgan fingerprint density at radius 3 is 3.06 bits per heavy atom. The smallest absolute Gasteiger partial charge is 0.244 e. The van der Waals surface area contributed by atoms with Crippen LogP contribution in [-0.4, -0.2) is 26.8 Å². The Hall–Kier alpha value is -1.31. The largest absolute Gasteiger partial charge is 0.396 e.